The summed E-state index contributed by atoms with van der Waals surface area (Å²) >= 11 is 0. The van der Waals surface area contributed by atoms with Gasteiger partial charge >= 0.3 is 46.9 Å². The van der Waals surface area contributed by atoms with E-state index in [9.17, 15) is 0 Å². The van der Waals surface area contributed by atoms with Gasteiger partial charge in [0, 0.05) is 11.0 Å². The van der Waals surface area contributed by atoms with Gasteiger partial charge in [0.25, 0.3) is 0 Å². The zero-order valence-corrected chi connectivity index (χ0v) is 8.52. The van der Waals surface area contributed by atoms with Crippen LogP contribution in [0.25, 0.3) is 0 Å². The van der Waals surface area contributed by atoms with Crippen molar-refractivity contribution in [3.05, 3.63) is 4.91 Å². The Morgan fingerprint density at radius 1 is 1.44 bits per heavy atom. The summed E-state index contributed by atoms with van der Waals surface area (Å²) in [6.07, 6.45) is 0. The quantitative estimate of drug-likeness (QED) is 0.101. The Morgan fingerprint density at radius 3 is 1.44 bits per heavy atom. The molecule has 0 atom stereocenters. The maximum atomic E-state index is 8.56. The van der Waals surface area contributed by atoms with E-state index in [1.54, 1.807) is 0 Å². The van der Waals surface area contributed by atoms with Gasteiger partial charge in [0.1, 0.15) is 0 Å². The Balaban J connectivity index is -0.0000000131. The molecule has 0 amide bonds. The van der Waals surface area contributed by atoms with Crippen molar-refractivity contribution in [2.75, 3.05) is 0 Å². The smallest absolute Gasteiger partial charge is 1.00 e. The summed E-state index contributed by atoms with van der Waals surface area (Å²) in [5.74, 6) is 0. The summed E-state index contributed by atoms with van der Waals surface area (Å²) in [5.41, 5.74) is 0. The van der Waals surface area contributed by atoms with E-state index in [0.717, 1.165) is 0 Å². The molecular formula is H3AlNNaO5S. The Bertz CT molecular complexity index is 97.8. The van der Waals surface area contributed by atoms with Crippen molar-refractivity contribution in [3.8, 4) is 0 Å². The van der Waals surface area contributed by atoms with Crippen LogP contribution in [0.1, 0.15) is 1.43 Å². The normalized spacial score (nSPS) is 5.11. The van der Waals surface area contributed by atoms with Crippen LogP contribution in [0.2, 0.25) is 0 Å². The van der Waals surface area contributed by atoms with Gasteiger partial charge < -0.3 is 19.6 Å². The topological polar surface area (TPSA) is 104 Å². The average Bonchev–Trinajstić information content (AvgIpc) is 1.33. The van der Waals surface area contributed by atoms with E-state index in [1.165, 1.54) is 5.34 Å². The number of rotatable bonds is 0. The fourth-order valence-electron chi connectivity index (χ4n) is 0. The van der Waals surface area contributed by atoms with Crippen LogP contribution in [0.4, 0.5) is 0 Å². The first-order chi connectivity index (χ1) is 3.15. The minimum atomic E-state index is -2.86. The van der Waals surface area contributed by atoms with Crippen molar-refractivity contribution >= 4 is 28.3 Å². The molecule has 6 nitrogen and oxygen atoms in total. The molecule has 0 spiro atoms. The molecule has 0 aromatic rings. The van der Waals surface area contributed by atoms with Crippen molar-refractivity contribution in [2.45, 2.75) is 0 Å². The Labute approximate surface area is 87.3 Å². The van der Waals surface area contributed by atoms with Gasteiger partial charge in [0.05, 0.1) is 0 Å². The molecule has 0 aromatic carbocycles. The standard InChI is InChI=1S/Al.HNO2.Na.HO3S.H/c;2-1-3;;1-4(2)3;/h;(H,2,3);;(H,1,2,3);/q+1;;+1;2*-1. The van der Waals surface area contributed by atoms with E-state index in [0.29, 0.717) is 0 Å². The van der Waals surface area contributed by atoms with Crippen LogP contribution in [-0.2, 0) is 19.4 Å². The second-order valence-electron chi connectivity index (χ2n) is 0.299. The molecule has 0 bridgehead atoms. The third kappa shape index (κ3) is 583. The second kappa shape index (κ2) is 23.2. The fourth-order valence-corrected chi connectivity index (χ4v) is 0. The molecule has 0 rings (SSSR count). The van der Waals surface area contributed by atoms with Gasteiger partial charge in [-0.25, -0.2) is 0 Å². The van der Waals surface area contributed by atoms with Crippen LogP contribution in [0, 0.1) is 4.91 Å². The van der Waals surface area contributed by atoms with Crippen molar-refractivity contribution in [1.29, 1.82) is 0 Å². The predicted molar refractivity (Wildman–Crippen MR) is 25.8 cm³/mol. The summed E-state index contributed by atoms with van der Waals surface area (Å²) in [6.45, 7) is 0. The molecule has 0 saturated carbocycles. The molecule has 2 N–H and O–H groups in total. The van der Waals surface area contributed by atoms with Gasteiger partial charge in [-0.2, -0.15) is 0 Å². The SMILES string of the molecule is O=NO.O=[S-](=O)O.[Al+].[H-].[Na+]. The van der Waals surface area contributed by atoms with Crippen molar-refractivity contribution in [3.63, 3.8) is 0 Å². The molecule has 0 fully saturated rings. The molecule has 0 aliphatic carbocycles. The maximum absolute atomic E-state index is 8.56. The molecule has 0 aromatic heterocycles. The molecule has 0 unspecified atom stereocenters. The Morgan fingerprint density at radius 2 is 1.44 bits per heavy atom. The minimum Gasteiger partial charge on any atom is -1.00 e. The van der Waals surface area contributed by atoms with Crippen LogP contribution >= 0.6 is 0 Å². The minimum absolute atomic E-state index is 0. The van der Waals surface area contributed by atoms with Crippen LogP contribution in [0.3, 0.4) is 0 Å². The van der Waals surface area contributed by atoms with Crippen LogP contribution < -0.4 is 29.6 Å². The molecule has 0 saturated heterocycles. The summed E-state index contributed by atoms with van der Waals surface area (Å²) in [7, 11) is -2.86. The van der Waals surface area contributed by atoms with Crippen molar-refractivity contribution in [1.82, 2.24) is 0 Å². The zero-order chi connectivity index (χ0) is 6.28. The molecule has 9 heteroatoms. The molecule has 0 heterocycles. The van der Waals surface area contributed by atoms with E-state index in [1.807, 2.05) is 0 Å². The average molecular weight is 179 g/mol. The molecule has 0 aliphatic heterocycles. The summed E-state index contributed by atoms with van der Waals surface area (Å²) < 4.78 is 24.1. The summed E-state index contributed by atoms with van der Waals surface area (Å²) in [6, 6.07) is 0. The van der Waals surface area contributed by atoms with Crippen LogP contribution in [-0.4, -0.2) is 27.1 Å². The predicted octanol–water partition coefficient (Wildman–Crippen LogP) is -3.35. The summed E-state index contributed by atoms with van der Waals surface area (Å²) in [5, 5.41) is 7.89. The van der Waals surface area contributed by atoms with Gasteiger partial charge in [-0.15, -0.1) is 4.91 Å². The fraction of sp³-hybridized carbons (Fsp3) is 0. The van der Waals surface area contributed by atoms with Gasteiger partial charge in [0.15, 0.2) is 5.34 Å². The zero-order valence-electron chi connectivity index (χ0n) is 5.55. The first kappa shape index (κ1) is 22.5. The van der Waals surface area contributed by atoms with Crippen LogP contribution in [0.15, 0.2) is 5.34 Å². The van der Waals surface area contributed by atoms with E-state index < -0.39 is 11.0 Å². The second-order valence-corrected chi connectivity index (χ2v) is 0.733. The number of hydrogen-bond donors (Lipinski definition) is 2. The van der Waals surface area contributed by atoms with E-state index in [4.69, 9.17) is 23.1 Å². The van der Waals surface area contributed by atoms with E-state index >= 15 is 0 Å². The first-order valence-corrected chi connectivity index (χ1v) is 1.93. The van der Waals surface area contributed by atoms with Gasteiger partial charge in [-0.05, 0) is 0 Å². The maximum Gasteiger partial charge on any atom is 1.00 e. The monoisotopic (exact) mass is 179 g/mol. The third-order valence-electron chi connectivity index (χ3n) is 0. The van der Waals surface area contributed by atoms with Gasteiger partial charge in [0.2, 0.25) is 0 Å². The first-order valence-electron chi connectivity index (χ1n) is 0.898. The molecule has 0 aliphatic rings. The van der Waals surface area contributed by atoms with E-state index in [-0.39, 0.29) is 48.3 Å². The van der Waals surface area contributed by atoms with Gasteiger partial charge in [-0.1, -0.05) is 0 Å². The molecule has 48 valence electrons. The third-order valence-corrected chi connectivity index (χ3v) is 0. The Hall–Kier alpha value is 0.842. The van der Waals surface area contributed by atoms with E-state index in [2.05, 4.69) is 0 Å². The number of hydrogen-bond acceptors (Lipinski definition) is 5. The largest absolute Gasteiger partial charge is 1.00 e. The molecular weight excluding hydrogens is 176 g/mol. The van der Waals surface area contributed by atoms with Crippen molar-refractivity contribution in [2.24, 2.45) is 5.34 Å². The molecule has 2 radical (unpaired) electrons. The molecule has 9 heavy (non-hydrogen) atoms. The van der Waals surface area contributed by atoms with Crippen molar-refractivity contribution < 1.29 is 49.2 Å². The number of nitrogens with zero attached hydrogens (tertiary/aromatic N) is 1. The van der Waals surface area contributed by atoms with Crippen LogP contribution in [0.5, 0.6) is 0 Å². The Kier molecular flexibility index (Phi) is 58.1. The van der Waals surface area contributed by atoms with Gasteiger partial charge in [-0.3, -0.25) is 0 Å². The summed E-state index contributed by atoms with van der Waals surface area (Å²) in [4.78, 5) is 8.11.